The van der Waals surface area contributed by atoms with Crippen molar-refractivity contribution in [3.63, 3.8) is 0 Å². The molecule has 2 atom stereocenters. The first-order valence-corrected chi connectivity index (χ1v) is 7.82. The maximum atomic E-state index is 12.6. The van der Waals surface area contributed by atoms with E-state index in [9.17, 15) is 13.5 Å². The Morgan fingerprint density at radius 2 is 2.20 bits per heavy atom. The van der Waals surface area contributed by atoms with E-state index in [-0.39, 0.29) is 30.7 Å². The molecule has 0 spiro atoms. The van der Waals surface area contributed by atoms with Gasteiger partial charge in [0.2, 0.25) is 10.0 Å². The Morgan fingerprint density at radius 3 is 2.85 bits per heavy atom. The van der Waals surface area contributed by atoms with Gasteiger partial charge in [-0.15, -0.1) is 0 Å². The topological polar surface area (TPSA) is 76.1 Å². The number of ether oxygens (including phenoxy) is 2. The summed E-state index contributed by atoms with van der Waals surface area (Å²) in [7, 11) is -2.12. The maximum absolute atomic E-state index is 12.6. The molecule has 1 aromatic carbocycles. The van der Waals surface area contributed by atoms with Crippen LogP contribution in [0.5, 0.6) is 5.75 Å². The zero-order valence-corrected chi connectivity index (χ0v) is 12.3. The molecular formula is C13H19NO5S. The molecule has 1 fully saturated rings. The van der Waals surface area contributed by atoms with Gasteiger partial charge in [-0.3, -0.25) is 0 Å². The molecule has 2 rings (SSSR count). The highest BCUT2D eigenvalue weighted by molar-refractivity contribution is 7.89. The third-order valence-electron chi connectivity index (χ3n) is 3.18. The van der Waals surface area contributed by atoms with Crippen molar-refractivity contribution in [2.75, 3.05) is 26.8 Å². The Kier molecular flexibility index (Phi) is 4.64. The number of aliphatic hydroxyl groups excluding tert-OH is 1. The molecule has 0 aliphatic carbocycles. The van der Waals surface area contributed by atoms with E-state index in [4.69, 9.17) is 9.47 Å². The smallest absolute Gasteiger partial charge is 0.243 e. The molecule has 2 unspecified atom stereocenters. The minimum Gasteiger partial charge on any atom is -0.497 e. The van der Waals surface area contributed by atoms with E-state index in [0.717, 1.165) is 0 Å². The molecule has 7 heteroatoms. The Labute approximate surface area is 119 Å². The summed E-state index contributed by atoms with van der Waals surface area (Å²) in [6.45, 7) is 2.01. The number of aliphatic hydroxyl groups is 1. The lowest BCUT2D eigenvalue weighted by molar-refractivity contribution is -0.0750. The lowest BCUT2D eigenvalue weighted by Crippen LogP contribution is -2.50. The van der Waals surface area contributed by atoms with Crippen LogP contribution < -0.4 is 4.74 Å². The van der Waals surface area contributed by atoms with Crippen LogP contribution in [0.25, 0.3) is 0 Å². The fourth-order valence-electron chi connectivity index (χ4n) is 2.21. The Hall–Kier alpha value is -1.15. The Balaban J connectivity index is 2.29. The summed E-state index contributed by atoms with van der Waals surface area (Å²) >= 11 is 0. The third-order valence-corrected chi connectivity index (χ3v) is 5.00. The molecule has 1 aliphatic rings. The van der Waals surface area contributed by atoms with Gasteiger partial charge in [-0.25, -0.2) is 8.42 Å². The highest BCUT2D eigenvalue weighted by Gasteiger charge is 2.33. The van der Waals surface area contributed by atoms with Crippen LogP contribution in [0.3, 0.4) is 0 Å². The summed E-state index contributed by atoms with van der Waals surface area (Å²) in [6, 6.07) is 6.35. The van der Waals surface area contributed by atoms with E-state index in [1.165, 1.54) is 23.5 Å². The molecule has 20 heavy (non-hydrogen) atoms. The first-order valence-electron chi connectivity index (χ1n) is 6.38. The molecule has 0 aromatic heterocycles. The van der Waals surface area contributed by atoms with Crippen LogP contribution in [-0.4, -0.2) is 56.8 Å². The van der Waals surface area contributed by atoms with Crippen LogP contribution in [0.15, 0.2) is 29.2 Å². The molecule has 1 aromatic rings. The fourth-order valence-corrected chi connectivity index (χ4v) is 3.79. The molecule has 1 N–H and O–H groups in total. The lowest BCUT2D eigenvalue weighted by Gasteiger charge is -2.35. The van der Waals surface area contributed by atoms with Gasteiger partial charge in [0, 0.05) is 19.2 Å². The van der Waals surface area contributed by atoms with Crippen molar-refractivity contribution in [2.24, 2.45) is 0 Å². The van der Waals surface area contributed by atoms with Gasteiger partial charge < -0.3 is 14.6 Å². The second kappa shape index (κ2) is 6.09. The van der Waals surface area contributed by atoms with Crippen LogP contribution in [0.1, 0.15) is 6.92 Å². The van der Waals surface area contributed by atoms with E-state index in [1.807, 2.05) is 0 Å². The number of rotatable bonds is 4. The normalized spacial score (nSPS) is 24.6. The van der Waals surface area contributed by atoms with Crippen LogP contribution >= 0.6 is 0 Å². The number of hydrogen-bond donors (Lipinski definition) is 1. The van der Waals surface area contributed by atoms with Gasteiger partial charge in [-0.05, 0) is 19.1 Å². The summed E-state index contributed by atoms with van der Waals surface area (Å²) in [6.07, 6.45) is -0.736. The molecule has 1 aliphatic heterocycles. The van der Waals surface area contributed by atoms with Crippen molar-refractivity contribution in [1.82, 2.24) is 4.31 Å². The van der Waals surface area contributed by atoms with Crippen LogP contribution in [-0.2, 0) is 14.8 Å². The average Bonchev–Trinajstić information content (AvgIpc) is 2.46. The van der Waals surface area contributed by atoms with Gasteiger partial charge in [0.25, 0.3) is 0 Å². The number of morpholine rings is 1. The monoisotopic (exact) mass is 301 g/mol. The molecule has 6 nitrogen and oxygen atoms in total. The van der Waals surface area contributed by atoms with Crippen molar-refractivity contribution in [3.05, 3.63) is 24.3 Å². The number of nitrogens with zero attached hydrogens (tertiary/aromatic N) is 1. The van der Waals surface area contributed by atoms with Crippen molar-refractivity contribution in [3.8, 4) is 5.75 Å². The second-order valence-corrected chi connectivity index (χ2v) is 6.69. The Bertz CT molecular complexity index is 560. The van der Waals surface area contributed by atoms with Gasteiger partial charge in [-0.2, -0.15) is 4.31 Å². The van der Waals surface area contributed by atoms with Crippen molar-refractivity contribution in [2.45, 2.75) is 24.0 Å². The first-order chi connectivity index (χ1) is 9.47. The van der Waals surface area contributed by atoms with Gasteiger partial charge >= 0.3 is 0 Å². The molecule has 112 valence electrons. The molecule has 0 bridgehead atoms. The minimum atomic E-state index is -3.61. The van der Waals surface area contributed by atoms with Crippen molar-refractivity contribution in [1.29, 1.82) is 0 Å². The minimum absolute atomic E-state index is 0.153. The molecule has 1 saturated heterocycles. The summed E-state index contributed by atoms with van der Waals surface area (Å²) in [5.41, 5.74) is 0. The van der Waals surface area contributed by atoms with Gasteiger partial charge in [0.15, 0.2) is 0 Å². The predicted molar refractivity (Wildman–Crippen MR) is 73.2 cm³/mol. The zero-order chi connectivity index (χ0) is 14.8. The summed E-state index contributed by atoms with van der Waals surface area (Å²) < 4.78 is 37.0. The summed E-state index contributed by atoms with van der Waals surface area (Å²) in [5, 5.41) is 9.18. The second-order valence-electron chi connectivity index (χ2n) is 4.75. The standard InChI is InChI=1S/C13H19NO5S/c1-10-7-14(8-12(9-15)19-10)20(16,17)13-5-3-4-11(6-13)18-2/h3-6,10,12,15H,7-9H2,1-2H3. The average molecular weight is 301 g/mol. The first kappa shape index (κ1) is 15.2. The molecule has 0 amide bonds. The quantitative estimate of drug-likeness (QED) is 0.874. The lowest BCUT2D eigenvalue weighted by atomic mass is 10.2. The van der Waals surface area contributed by atoms with E-state index < -0.39 is 16.1 Å². The molecule has 1 heterocycles. The van der Waals surface area contributed by atoms with E-state index in [2.05, 4.69) is 0 Å². The maximum Gasteiger partial charge on any atom is 0.243 e. The highest BCUT2D eigenvalue weighted by atomic mass is 32.2. The number of benzene rings is 1. The largest absolute Gasteiger partial charge is 0.497 e. The van der Waals surface area contributed by atoms with Crippen LogP contribution in [0, 0.1) is 0 Å². The van der Waals surface area contributed by atoms with Crippen LogP contribution in [0.2, 0.25) is 0 Å². The summed E-state index contributed by atoms with van der Waals surface area (Å²) in [5.74, 6) is 0.492. The van der Waals surface area contributed by atoms with Crippen molar-refractivity contribution >= 4 is 10.0 Å². The van der Waals surface area contributed by atoms with E-state index >= 15 is 0 Å². The van der Waals surface area contributed by atoms with E-state index in [1.54, 1.807) is 19.1 Å². The summed E-state index contributed by atoms with van der Waals surface area (Å²) in [4.78, 5) is 0.183. The molecule has 0 saturated carbocycles. The SMILES string of the molecule is COc1cccc(S(=O)(=O)N2CC(C)OC(CO)C2)c1. The Morgan fingerprint density at radius 1 is 1.45 bits per heavy atom. The van der Waals surface area contributed by atoms with Gasteiger partial charge in [0.05, 0.1) is 30.8 Å². The van der Waals surface area contributed by atoms with Crippen LogP contribution in [0.4, 0.5) is 0 Å². The molecule has 0 radical (unpaired) electrons. The fraction of sp³-hybridized carbons (Fsp3) is 0.538. The molecular weight excluding hydrogens is 282 g/mol. The number of hydrogen-bond acceptors (Lipinski definition) is 5. The van der Waals surface area contributed by atoms with Crippen molar-refractivity contribution < 1.29 is 23.0 Å². The zero-order valence-electron chi connectivity index (χ0n) is 11.5. The van der Waals surface area contributed by atoms with Gasteiger partial charge in [0.1, 0.15) is 5.75 Å². The highest BCUT2D eigenvalue weighted by Crippen LogP contribution is 2.23. The van der Waals surface area contributed by atoms with Gasteiger partial charge in [-0.1, -0.05) is 6.07 Å². The predicted octanol–water partition coefficient (Wildman–Crippen LogP) is 0.465. The third kappa shape index (κ3) is 3.12. The van der Waals surface area contributed by atoms with E-state index in [0.29, 0.717) is 5.75 Å². The number of sulfonamides is 1. The number of methoxy groups -OCH3 is 1.